The fraction of sp³-hybridized carbons (Fsp3) is 0.600. The molecule has 20 heavy (non-hydrogen) atoms. The predicted octanol–water partition coefficient (Wildman–Crippen LogP) is 2.63. The maximum Gasteiger partial charge on any atom is 0.115 e. The second-order valence-corrected chi connectivity index (χ2v) is 6.52. The van der Waals surface area contributed by atoms with Crippen molar-refractivity contribution in [3.05, 3.63) is 33.0 Å². The minimum atomic E-state index is 0.175. The highest BCUT2D eigenvalue weighted by Crippen LogP contribution is 2.33. The molecule has 0 aliphatic heterocycles. The molecule has 1 N–H and O–H groups in total. The number of thiazole rings is 1. The van der Waals surface area contributed by atoms with Crippen LogP contribution in [-0.2, 0) is 26.3 Å². The third-order valence-corrected chi connectivity index (χ3v) is 5.20. The maximum absolute atomic E-state index is 4.90. The van der Waals surface area contributed by atoms with Gasteiger partial charge in [0.05, 0.1) is 17.4 Å². The number of nitrogens with zero attached hydrogens (tertiary/aromatic N) is 3. The van der Waals surface area contributed by atoms with Gasteiger partial charge in [0.25, 0.3) is 0 Å². The minimum absolute atomic E-state index is 0.175. The molecule has 1 unspecified atom stereocenters. The number of aromatic nitrogens is 3. The summed E-state index contributed by atoms with van der Waals surface area (Å²) in [6, 6.07) is 0.175. The minimum Gasteiger partial charge on any atom is -0.307 e. The maximum atomic E-state index is 4.90. The Labute approximate surface area is 124 Å². The van der Waals surface area contributed by atoms with E-state index in [1.165, 1.54) is 46.1 Å². The Morgan fingerprint density at radius 1 is 1.40 bits per heavy atom. The fourth-order valence-corrected chi connectivity index (χ4v) is 4.26. The second kappa shape index (κ2) is 5.66. The molecular formula is C15H22N4S. The van der Waals surface area contributed by atoms with E-state index in [9.17, 15) is 0 Å². The summed E-state index contributed by atoms with van der Waals surface area (Å²) in [5.41, 5.74) is 3.77. The molecule has 0 amide bonds. The lowest BCUT2D eigenvalue weighted by molar-refractivity contribution is 0.658. The van der Waals surface area contributed by atoms with E-state index < -0.39 is 0 Å². The van der Waals surface area contributed by atoms with Gasteiger partial charge >= 0.3 is 0 Å². The van der Waals surface area contributed by atoms with Gasteiger partial charge in [0.2, 0.25) is 0 Å². The van der Waals surface area contributed by atoms with Gasteiger partial charge < -0.3 is 5.32 Å². The lowest BCUT2D eigenvalue weighted by Gasteiger charge is -2.13. The first-order chi connectivity index (χ1) is 9.72. The largest absolute Gasteiger partial charge is 0.307 e. The number of hydrogen-bond acceptors (Lipinski definition) is 4. The van der Waals surface area contributed by atoms with Crippen LogP contribution in [0.4, 0.5) is 0 Å². The van der Waals surface area contributed by atoms with Crippen LogP contribution in [0.5, 0.6) is 0 Å². The molecular weight excluding hydrogens is 268 g/mol. The Bertz CT molecular complexity index is 576. The Hall–Kier alpha value is -1.20. The van der Waals surface area contributed by atoms with Gasteiger partial charge in [-0.3, -0.25) is 4.68 Å². The van der Waals surface area contributed by atoms with Crippen molar-refractivity contribution in [1.29, 1.82) is 0 Å². The zero-order chi connectivity index (χ0) is 14.1. The van der Waals surface area contributed by atoms with Crippen molar-refractivity contribution < 1.29 is 0 Å². The standard InChI is InChI=1S/C15H22N4S/c1-4-11-10(9-19(3)18-11)14(16-2)15-17-12-7-5-6-8-13(12)20-15/h9,14,16H,4-8H2,1-3H3. The molecule has 108 valence electrons. The Kier molecular flexibility index (Phi) is 3.89. The van der Waals surface area contributed by atoms with Crippen molar-refractivity contribution in [3.8, 4) is 0 Å². The van der Waals surface area contributed by atoms with Crippen LogP contribution in [0.2, 0.25) is 0 Å². The Morgan fingerprint density at radius 2 is 2.20 bits per heavy atom. The van der Waals surface area contributed by atoms with Gasteiger partial charge in [-0.2, -0.15) is 5.10 Å². The average Bonchev–Trinajstić information content (AvgIpc) is 3.03. The van der Waals surface area contributed by atoms with E-state index in [0.29, 0.717) is 0 Å². The molecule has 0 bridgehead atoms. The first-order valence-electron chi connectivity index (χ1n) is 7.41. The molecule has 2 aromatic heterocycles. The predicted molar refractivity (Wildman–Crippen MR) is 82.2 cm³/mol. The number of hydrogen-bond donors (Lipinski definition) is 1. The second-order valence-electron chi connectivity index (χ2n) is 5.41. The van der Waals surface area contributed by atoms with Gasteiger partial charge in [-0.05, 0) is 39.2 Å². The summed E-state index contributed by atoms with van der Waals surface area (Å²) >= 11 is 1.88. The van der Waals surface area contributed by atoms with E-state index in [-0.39, 0.29) is 6.04 Å². The normalized spacial score (nSPS) is 16.1. The molecule has 0 radical (unpaired) electrons. The van der Waals surface area contributed by atoms with E-state index in [4.69, 9.17) is 4.98 Å². The number of rotatable bonds is 4. The molecule has 1 atom stereocenters. The number of nitrogens with one attached hydrogen (secondary N) is 1. The molecule has 1 aliphatic carbocycles. The van der Waals surface area contributed by atoms with Crippen LogP contribution in [0, 0.1) is 0 Å². The summed E-state index contributed by atoms with van der Waals surface area (Å²) in [4.78, 5) is 6.40. The van der Waals surface area contributed by atoms with Crippen molar-refractivity contribution in [3.63, 3.8) is 0 Å². The van der Waals surface area contributed by atoms with E-state index in [1.54, 1.807) is 0 Å². The smallest absolute Gasteiger partial charge is 0.115 e. The van der Waals surface area contributed by atoms with Crippen LogP contribution in [0.25, 0.3) is 0 Å². The van der Waals surface area contributed by atoms with E-state index >= 15 is 0 Å². The zero-order valence-corrected chi connectivity index (χ0v) is 13.3. The molecule has 0 spiro atoms. The highest BCUT2D eigenvalue weighted by atomic mass is 32.1. The van der Waals surface area contributed by atoms with Gasteiger partial charge in [0, 0.05) is 23.7 Å². The quantitative estimate of drug-likeness (QED) is 0.941. The number of aryl methyl sites for hydroxylation is 4. The summed E-state index contributed by atoms with van der Waals surface area (Å²) in [7, 11) is 4.00. The topological polar surface area (TPSA) is 42.7 Å². The fourth-order valence-electron chi connectivity index (χ4n) is 2.98. The highest BCUT2D eigenvalue weighted by Gasteiger charge is 2.24. The van der Waals surface area contributed by atoms with Gasteiger partial charge in [0.1, 0.15) is 5.01 Å². The highest BCUT2D eigenvalue weighted by molar-refractivity contribution is 7.11. The Morgan fingerprint density at radius 3 is 2.90 bits per heavy atom. The number of fused-ring (bicyclic) bond motifs is 1. The molecule has 0 saturated heterocycles. The SMILES string of the molecule is CCc1nn(C)cc1C(NC)c1nc2c(s1)CCCC2. The van der Waals surface area contributed by atoms with E-state index in [0.717, 1.165) is 12.8 Å². The first-order valence-corrected chi connectivity index (χ1v) is 8.22. The Balaban J connectivity index is 1.98. The van der Waals surface area contributed by atoms with Crippen molar-refractivity contribution in [1.82, 2.24) is 20.1 Å². The van der Waals surface area contributed by atoms with Crippen molar-refractivity contribution in [2.75, 3.05) is 7.05 Å². The van der Waals surface area contributed by atoms with Crippen molar-refractivity contribution >= 4 is 11.3 Å². The van der Waals surface area contributed by atoms with E-state index in [2.05, 4.69) is 23.5 Å². The summed E-state index contributed by atoms with van der Waals surface area (Å²) < 4.78 is 1.91. The molecule has 0 fully saturated rings. The van der Waals surface area contributed by atoms with Crippen LogP contribution >= 0.6 is 11.3 Å². The first kappa shape index (κ1) is 13.8. The third-order valence-electron chi connectivity index (χ3n) is 3.98. The van der Waals surface area contributed by atoms with Crippen LogP contribution in [-0.4, -0.2) is 21.8 Å². The summed E-state index contributed by atoms with van der Waals surface area (Å²) in [6.07, 6.45) is 8.03. The molecule has 4 nitrogen and oxygen atoms in total. The molecule has 1 aliphatic rings. The van der Waals surface area contributed by atoms with Gasteiger partial charge in [-0.25, -0.2) is 4.98 Å². The molecule has 3 rings (SSSR count). The van der Waals surface area contributed by atoms with Gasteiger partial charge in [0.15, 0.2) is 0 Å². The van der Waals surface area contributed by atoms with Gasteiger partial charge in [-0.15, -0.1) is 11.3 Å². The zero-order valence-electron chi connectivity index (χ0n) is 12.4. The summed E-state index contributed by atoms with van der Waals surface area (Å²) in [5, 5.41) is 9.18. The van der Waals surface area contributed by atoms with Crippen LogP contribution in [0.1, 0.15) is 52.6 Å². The molecule has 5 heteroatoms. The average molecular weight is 290 g/mol. The summed E-state index contributed by atoms with van der Waals surface area (Å²) in [6.45, 7) is 2.16. The van der Waals surface area contributed by atoms with Crippen LogP contribution < -0.4 is 5.32 Å². The van der Waals surface area contributed by atoms with Crippen molar-refractivity contribution in [2.45, 2.75) is 45.1 Å². The third kappa shape index (κ3) is 2.40. The van der Waals surface area contributed by atoms with Crippen LogP contribution in [0.15, 0.2) is 6.20 Å². The summed E-state index contributed by atoms with van der Waals surface area (Å²) in [5.74, 6) is 0. The monoisotopic (exact) mass is 290 g/mol. The van der Waals surface area contributed by atoms with Crippen LogP contribution in [0.3, 0.4) is 0 Å². The molecule has 2 heterocycles. The van der Waals surface area contributed by atoms with Gasteiger partial charge in [-0.1, -0.05) is 6.92 Å². The molecule has 0 aromatic carbocycles. The van der Waals surface area contributed by atoms with E-state index in [1.807, 2.05) is 30.1 Å². The lowest BCUT2D eigenvalue weighted by atomic mass is 10.0. The molecule has 0 saturated carbocycles. The van der Waals surface area contributed by atoms with Crippen molar-refractivity contribution in [2.24, 2.45) is 7.05 Å². The lowest BCUT2D eigenvalue weighted by Crippen LogP contribution is -2.18. The molecule has 2 aromatic rings.